The Kier molecular flexibility index (Phi) is 3.97. The lowest BCUT2D eigenvalue weighted by atomic mass is 9.82. The van der Waals surface area contributed by atoms with Crippen molar-refractivity contribution in [2.24, 2.45) is 5.41 Å². The number of likely N-dealkylation sites (tertiary alicyclic amines) is 1. The fraction of sp³-hybridized carbons (Fsp3) is 0.467. The molecule has 0 saturated carbocycles. The van der Waals surface area contributed by atoms with Crippen molar-refractivity contribution in [3.05, 3.63) is 35.9 Å². The lowest BCUT2D eigenvalue weighted by Crippen LogP contribution is -2.62. The number of carboxylic acid groups (broad SMARTS) is 1. The van der Waals surface area contributed by atoms with E-state index in [-0.39, 0.29) is 19.1 Å². The summed E-state index contributed by atoms with van der Waals surface area (Å²) < 4.78 is 0. The Morgan fingerprint density at radius 1 is 1.30 bits per heavy atom. The van der Waals surface area contributed by atoms with Crippen molar-refractivity contribution in [3.8, 4) is 0 Å². The van der Waals surface area contributed by atoms with Gasteiger partial charge in [0, 0.05) is 26.7 Å². The monoisotopic (exact) mass is 276 g/mol. The van der Waals surface area contributed by atoms with Crippen LogP contribution in [0.15, 0.2) is 30.3 Å². The third-order valence-electron chi connectivity index (χ3n) is 3.77. The lowest BCUT2D eigenvalue weighted by Gasteiger charge is -2.46. The SMILES string of the molecule is CN(CCc1ccccc1)C(=O)N1CC(C)(C(=O)O)C1. The zero-order chi connectivity index (χ0) is 14.8. The molecule has 1 aromatic carbocycles. The van der Waals surface area contributed by atoms with E-state index in [4.69, 9.17) is 5.11 Å². The van der Waals surface area contributed by atoms with Crippen LogP contribution in [-0.2, 0) is 11.2 Å². The van der Waals surface area contributed by atoms with Crippen LogP contribution in [0.5, 0.6) is 0 Å². The Labute approximate surface area is 118 Å². The fourth-order valence-corrected chi connectivity index (χ4v) is 2.35. The molecule has 1 aromatic rings. The molecule has 1 heterocycles. The molecule has 2 amide bonds. The Bertz CT molecular complexity index is 495. The number of likely N-dealkylation sites (N-methyl/N-ethyl adjacent to an activating group) is 1. The van der Waals surface area contributed by atoms with Gasteiger partial charge in [0.05, 0.1) is 0 Å². The average molecular weight is 276 g/mol. The second-order valence-corrected chi connectivity index (χ2v) is 5.66. The zero-order valence-electron chi connectivity index (χ0n) is 11.9. The maximum Gasteiger partial charge on any atom is 0.319 e. The summed E-state index contributed by atoms with van der Waals surface area (Å²) in [5, 5.41) is 9.03. The first kappa shape index (κ1) is 14.4. The number of nitrogens with zero attached hydrogens (tertiary/aromatic N) is 2. The third kappa shape index (κ3) is 2.92. The van der Waals surface area contributed by atoms with Gasteiger partial charge in [0.15, 0.2) is 0 Å². The van der Waals surface area contributed by atoms with Crippen LogP contribution in [-0.4, -0.2) is 53.6 Å². The molecule has 1 fully saturated rings. The first-order chi connectivity index (χ1) is 9.42. The molecule has 1 saturated heterocycles. The molecule has 1 aliphatic heterocycles. The van der Waals surface area contributed by atoms with Crippen LogP contribution < -0.4 is 0 Å². The molecule has 20 heavy (non-hydrogen) atoms. The van der Waals surface area contributed by atoms with Gasteiger partial charge in [-0.15, -0.1) is 0 Å². The number of rotatable bonds is 4. The lowest BCUT2D eigenvalue weighted by molar-refractivity contribution is -0.156. The minimum Gasteiger partial charge on any atom is -0.481 e. The van der Waals surface area contributed by atoms with Gasteiger partial charge in [-0.25, -0.2) is 4.79 Å². The summed E-state index contributed by atoms with van der Waals surface area (Å²) in [6, 6.07) is 9.88. The number of carboxylic acids is 1. The van der Waals surface area contributed by atoms with Gasteiger partial charge in [-0.3, -0.25) is 4.79 Å². The Hall–Kier alpha value is -2.04. The van der Waals surface area contributed by atoms with Gasteiger partial charge in [0.2, 0.25) is 0 Å². The topological polar surface area (TPSA) is 60.9 Å². The highest BCUT2D eigenvalue weighted by atomic mass is 16.4. The minimum absolute atomic E-state index is 0.0975. The average Bonchev–Trinajstić information content (AvgIpc) is 2.41. The van der Waals surface area contributed by atoms with Gasteiger partial charge in [-0.1, -0.05) is 30.3 Å². The summed E-state index contributed by atoms with van der Waals surface area (Å²) in [6.07, 6.45) is 0.799. The molecule has 5 nitrogen and oxygen atoms in total. The van der Waals surface area contributed by atoms with E-state index < -0.39 is 11.4 Å². The number of amides is 2. The van der Waals surface area contributed by atoms with E-state index in [9.17, 15) is 9.59 Å². The highest BCUT2D eigenvalue weighted by molar-refractivity contribution is 5.82. The first-order valence-electron chi connectivity index (χ1n) is 6.70. The summed E-state index contributed by atoms with van der Waals surface area (Å²) in [4.78, 5) is 26.3. The predicted octanol–water partition coefficient (Wildman–Crippen LogP) is 1.69. The van der Waals surface area contributed by atoms with Crippen molar-refractivity contribution >= 4 is 12.0 Å². The molecule has 108 valence electrons. The number of aliphatic carboxylic acids is 1. The van der Waals surface area contributed by atoms with Crippen LogP contribution in [0.4, 0.5) is 4.79 Å². The summed E-state index contributed by atoms with van der Waals surface area (Å²) in [7, 11) is 1.75. The molecular formula is C15H20N2O3. The Morgan fingerprint density at radius 2 is 1.90 bits per heavy atom. The second kappa shape index (κ2) is 5.53. The normalized spacial score (nSPS) is 16.4. The van der Waals surface area contributed by atoms with E-state index in [1.807, 2.05) is 30.3 Å². The summed E-state index contributed by atoms with van der Waals surface area (Å²) in [5.41, 5.74) is 0.404. The number of hydrogen-bond donors (Lipinski definition) is 1. The van der Waals surface area contributed by atoms with Crippen molar-refractivity contribution in [2.45, 2.75) is 13.3 Å². The first-order valence-corrected chi connectivity index (χ1v) is 6.70. The highest BCUT2D eigenvalue weighted by Gasteiger charge is 2.47. The van der Waals surface area contributed by atoms with Gasteiger partial charge in [-0.05, 0) is 18.9 Å². The molecule has 0 spiro atoms. The molecule has 0 unspecified atom stereocenters. The quantitative estimate of drug-likeness (QED) is 0.910. The summed E-state index contributed by atoms with van der Waals surface area (Å²) >= 11 is 0. The third-order valence-corrected chi connectivity index (χ3v) is 3.77. The van der Waals surface area contributed by atoms with Crippen molar-refractivity contribution < 1.29 is 14.7 Å². The molecule has 0 atom stereocenters. The molecule has 0 aromatic heterocycles. The number of urea groups is 1. The standard InChI is InChI=1S/C15H20N2O3/c1-15(13(18)19)10-17(11-15)14(20)16(2)9-8-12-6-4-3-5-7-12/h3-7H,8-11H2,1-2H3,(H,18,19). The van der Waals surface area contributed by atoms with E-state index in [1.165, 1.54) is 5.56 Å². The van der Waals surface area contributed by atoms with Gasteiger partial charge in [0.25, 0.3) is 0 Å². The highest BCUT2D eigenvalue weighted by Crippen LogP contribution is 2.30. The number of hydrogen-bond acceptors (Lipinski definition) is 2. The van der Waals surface area contributed by atoms with E-state index in [2.05, 4.69) is 0 Å². The number of carbonyl (C=O) groups is 2. The van der Waals surface area contributed by atoms with Gasteiger partial charge < -0.3 is 14.9 Å². The second-order valence-electron chi connectivity index (χ2n) is 5.66. The van der Waals surface area contributed by atoms with Crippen LogP contribution in [0, 0.1) is 5.41 Å². The molecule has 0 aliphatic carbocycles. The van der Waals surface area contributed by atoms with Crippen LogP contribution in [0.25, 0.3) is 0 Å². The van der Waals surface area contributed by atoms with Crippen LogP contribution in [0.2, 0.25) is 0 Å². The molecular weight excluding hydrogens is 256 g/mol. The van der Waals surface area contributed by atoms with Crippen molar-refractivity contribution in [1.82, 2.24) is 9.80 Å². The van der Waals surface area contributed by atoms with Gasteiger partial charge in [-0.2, -0.15) is 0 Å². The molecule has 0 radical (unpaired) electrons. The maximum absolute atomic E-state index is 12.1. The summed E-state index contributed by atoms with van der Waals surface area (Å²) in [6.45, 7) is 2.87. The number of benzene rings is 1. The van der Waals surface area contributed by atoms with E-state index in [1.54, 1.807) is 23.8 Å². The molecule has 1 aliphatic rings. The van der Waals surface area contributed by atoms with E-state index in [0.29, 0.717) is 6.54 Å². The van der Waals surface area contributed by atoms with Crippen molar-refractivity contribution in [2.75, 3.05) is 26.7 Å². The van der Waals surface area contributed by atoms with Crippen molar-refractivity contribution in [3.63, 3.8) is 0 Å². The number of carbonyl (C=O) groups excluding carboxylic acids is 1. The van der Waals surface area contributed by atoms with Crippen LogP contribution >= 0.6 is 0 Å². The van der Waals surface area contributed by atoms with Crippen LogP contribution in [0.3, 0.4) is 0 Å². The molecule has 0 bridgehead atoms. The zero-order valence-corrected chi connectivity index (χ0v) is 11.9. The van der Waals surface area contributed by atoms with Gasteiger partial charge >= 0.3 is 12.0 Å². The predicted molar refractivity (Wildman–Crippen MR) is 75.5 cm³/mol. The Morgan fingerprint density at radius 3 is 2.45 bits per heavy atom. The van der Waals surface area contributed by atoms with E-state index in [0.717, 1.165) is 6.42 Å². The molecule has 5 heteroatoms. The smallest absolute Gasteiger partial charge is 0.319 e. The largest absolute Gasteiger partial charge is 0.481 e. The maximum atomic E-state index is 12.1. The molecule has 2 rings (SSSR count). The van der Waals surface area contributed by atoms with E-state index >= 15 is 0 Å². The molecule has 1 N–H and O–H groups in total. The van der Waals surface area contributed by atoms with Crippen molar-refractivity contribution in [1.29, 1.82) is 0 Å². The minimum atomic E-state index is -0.839. The van der Waals surface area contributed by atoms with Gasteiger partial charge in [0.1, 0.15) is 5.41 Å². The Balaban J connectivity index is 1.81. The van der Waals surface area contributed by atoms with Crippen LogP contribution in [0.1, 0.15) is 12.5 Å². The summed E-state index contributed by atoms with van der Waals surface area (Å²) in [5.74, 6) is -0.839. The fourth-order valence-electron chi connectivity index (χ4n) is 2.35.